The predicted octanol–water partition coefficient (Wildman–Crippen LogP) is 3.62. The molecule has 1 unspecified atom stereocenters. The summed E-state index contributed by atoms with van der Waals surface area (Å²) in [6, 6.07) is 14.8. The molecule has 2 aromatic rings. The van der Waals surface area contributed by atoms with E-state index in [1.54, 1.807) is 34.9 Å². The Labute approximate surface area is 165 Å². The van der Waals surface area contributed by atoms with Crippen LogP contribution in [-0.4, -0.2) is 33.2 Å². The van der Waals surface area contributed by atoms with Crippen molar-refractivity contribution in [3.8, 4) is 0 Å². The molecule has 0 saturated heterocycles. The Morgan fingerprint density at radius 3 is 2.67 bits per heavy atom. The summed E-state index contributed by atoms with van der Waals surface area (Å²) in [6.07, 6.45) is 0.883. The van der Waals surface area contributed by atoms with Gasteiger partial charge in [-0.25, -0.2) is 13.1 Å². The number of rotatable bonds is 5. The van der Waals surface area contributed by atoms with E-state index in [0.717, 1.165) is 22.6 Å². The van der Waals surface area contributed by atoms with Crippen molar-refractivity contribution in [1.29, 1.82) is 0 Å². The van der Waals surface area contributed by atoms with Gasteiger partial charge in [-0.15, -0.1) is 11.8 Å². The van der Waals surface area contributed by atoms with Crippen LogP contribution in [0.5, 0.6) is 0 Å². The Hall–Kier alpha value is -1.83. The molecule has 27 heavy (non-hydrogen) atoms. The van der Waals surface area contributed by atoms with E-state index in [4.69, 9.17) is 0 Å². The first-order chi connectivity index (χ1) is 12.9. The summed E-state index contributed by atoms with van der Waals surface area (Å²) in [7, 11) is -3.66. The fourth-order valence-corrected chi connectivity index (χ4v) is 5.19. The Morgan fingerprint density at radius 2 is 1.96 bits per heavy atom. The van der Waals surface area contributed by atoms with Gasteiger partial charge in [0, 0.05) is 24.9 Å². The highest BCUT2D eigenvalue weighted by atomic mass is 32.2. The Morgan fingerprint density at radius 1 is 1.22 bits per heavy atom. The molecule has 1 atom stereocenters. The van der Waals surface area contributed by atoms with Crippen molar-refractivity contribution in [1.82, 2.24) is 4.72 Å². The maximum absolute atomic E-state index is 12.8. The number of sulfonamides is 1. The van der Waals surface area contributed by atoms with Crippen LogP contribution in [0.4, 0.5) is 5.69 Å². The smallest absolute Gasteiger partial charge is 0.240 e. The first kappa shape index (κ1) is 19.9. The topological polar surface area (TPSA) is 66.5 Å². The highest BCUT2D eigenvalue weighted by Gasteiger charge is 2.23. The third kappa shape index (κ3) is 4.72. The minimum absolute atomic E-state index is 0.0612. The first-order valence-electron chi connectivity index (χ1n) is 8.98. The fourth-order valence-electron chi connectivity index (χ4n) is 3.07. The standard InChI is InChI=1S/C20H24N2O3S2/c1-15(17-7-4-3-5-8-17)14-21-27(24,25)18-9-10-20-19(13-18)22(16(2)23)11-6-12-26-20/h3-5,7-10,13,15,21H,6,11-12,14H2,1-2H3. The zero-order valence-corrected chi connectivity index (χ0v) is 17.1. The largest absolute Gasteiger partial charge is 0.311 e. The summed E-state index contributed by atoms with van der Waals surface area (Å²) < 4.78 is 28.3. The van der Waals surface area contributed by atoms with Crippen molar-refractivity contribution in [2.24, 2.45) is 0 Å². The molecule has 1 aliphatic rings. The van der Waals surface area contributed by atoms with E-state index in [0.29, 0.717) is 18.8 Å². The zero-order chi connectivity index (χ0) is 19.4. The summed E-state index contributed by atoms with van der Waals surface area (Å²) in [5.74, 6) is 0.903. The van der Waals surface area contributed by atoms with Gasteiger partial charge in [-0.1, -0.05) is 37.3 Å². The molecule has 3 rings (SSSR count). The number of nitrogens with one attached hydrogen (secondary N) is 1. The van der Waals surface area contributed by atoms with Gasteiger partial charge in [0.05, 0.1) is 10.6 Å². The number of carbonyl (C=O) groups excluding carboxylic acids is 1. The van der Waals surface area contributed by atoms with Gasteiger partial charge in [-0.05, 0) is 41.9 Å². The molecule has 1 amide bonds. The average molecular weight is 405 g/mol. The lowest BCUT2D eigenvalue weighted by molar-refractivity contribution is -0.116. The normalized spacial score (nSPS) is 15.7. The van der Waals surface area contributed by atoms with Crippen molar-refractivity contribution in [3.63, 3.8) is 0 Å². The number of nitrogens with zero attached hydrogens (tertiary/aromatic N) is 1. The minimum Gasteiger partial charge on any atom is -0.311 e. The second kappa shape index (κ2) is 8.46. The third-order valence-corrected chi connectivity index (χ3v) is 7.21. The van der Waals surface area contributed by atoms with Gasteiger partial charge in [0.2, 0.25) is 15.9 Å². The van der Waals surface area contributed by atoms with E-state index >= 15 is 0 Å². The van der Waals surface area contributed by atoms with Crippen molar-refractivity contribution in [2.75, 3.05) is 23.7 Å². The van der Waals surface area contributed by atoms with Crippen LogP contribution in [0.25, 0.3) is 0 Å². The fraction of sp³-hybridized carbons (Fsp3) is 0.350. The first-order valence-corrected chi connectivity index (χ1v) is 11.4. The molecular formula is C20H24N2O3S2. The van der Waals surface area contributed by atoms with Crippen LogP contribution >= 0.6 is 11.8 Å². The summed E-state index contributed by atoms with van der Waals surface area (Å²) in [4.78, 5) is 14.8. The van der Waals surface area contributed by atoms with E-state index < -0.39 is 10.0 Å². The molecule has 7 heteroatoms. The summed E-state index contributed by atoms with van der Waals surface area (Å²) in [5.41, 5.74) is 1.77. The number of amides is 1. The van der Waals surface area contributed by atoms with Crippen LogP contribution in [0, 0.1) is 0 Å². The van der Waals surface area contributed by atoms with E-state index in [2.05, 4.69) is 4.72 Å². The number of carbonyl (C=O) groups is 1. The number of anilines is 1. The van der Waals surface area contributed by atoms with Crippen molar-refractivity contribution >= 4 is 33.4 Å². The lowest BCUT2D eigenvalue weighted by Gasteiger charge is -2.21. The highest BCUT2D eigenvalue weighted by molar-refractivity contribution is 7.99. The molecule has 1 aliphatic heterocycles. The summed E-state index contributed by atoms with van der Waals surface area (Å²) >= 11 is 1.66. The Balaban J connectivity index is 1.81. The number of hydrogen-bond donors (Lipinski definition) is 1. The summed E-state index contributed by atoms with van der Waals surface area (Å²) in [6.45, 7) is 4.43. The zero-order valence-electron chi connectivity index (χ0n) is 15.5. The van der Waals surface area contributed by atoms with Gasteiger partial charge in [0.25, 0.3) is 0 Å². The van der Waals surface area contributed by atoms with Gasteiger partial charge >= 0.3 is 0 Å². The van der Waals surface area contributed by atoms with E-state index in [1.807, 2.05) is 37.3 Å². The Bertz CT molecular complexity index is 914. The Kier molecular flexibility index (Phi) is 6.24. The van der Waals surface area contributed by atoms with Gasteiger partial charge in [0.15, 0.2) is 0 Å². The molecule has 0 radical (unpaired) electrons. The predicted molar refractivity (Wildman–Crippen MR) is 110 cm³/mol. The number of thioether (sulfide) groups is 1. The third-order valence-electron chi connectivity index (χ3n) is 4.64. The molecule has 5 nitrogen and oxygen atoms in total. The van der Waals surface area contributed by atoms with Crippen LogP contribution in [0.1, 0.15) is 31.7 Å². The quantitative estimate of drug-likeness (QED) is 0.827. The maximum Gasteiger partial charge on any atom is 0.240 e. The van der Waals surface area contributed by atoms with E-state index in [1.165, 1.54) is 6.92 Å². The molecule has 0 aliphatic carbocycles. The second-order valence-corrected chi connectivity index (χ2v) is 9.57. The van der Waals surface area contributed by atoms with Gasteiger partial charge in [-0.2, -0.15) is 0 Å². The van der Waals surface area contributed by atoms with Crippen LogP contribution in [0.3, 0.4) is 0 Å². The van der Waals surface area contributed by atoms with E-state index in [9.17, 15) is 13.2 Å². The molecule has 0 saturated carbocycles. The lowest BCUT2D eigenvalue weighted by atomic mass is 10.0. The number of hydrogen-bond acceptors (Lipinski definition) is 4. The molecule has 144 valence electrons. The van der Waals surface area contributed by atoms with Crippen LogP contribution in [-0.2, 0) is 14.8 Å². The lowest BCUT2D eigenvalue weighted by Crippen LogP contribution is -2.30. The highest BCUT2D eigenvalue weighted by Crippen LogP contribution is 2.35. The monoisotopic (exact) mass is 404 g/mol. The molecular weight excluding hydrogens is 380 g/mol. The van der Waals surface area contributed by atoms with E-state index in [-0.39, 0.29) is 16.7 Å². The molecule has 0 bridgehead atoms. The van der Waals surface area contributed by atoms with Crippen LogP contribution in [0.15, 0.2) is 58.3 Å². The molecule has 0 aromatic heterocycles. The second-order valence-electron chi connectivity index (χ2n) is 6.67. The van der Waals surface area contributed by atoms with Gasteiger partial charge < -0.3 is 4.90 Å². The molecule has 2 aromatic carbocycles. The summed E-state index contributed by atoms with van der Waals surface area (Å²) in [5, 5.41) is 0. The van der Waals surface area contributed by atoms with Gasteiger partial charge in [-0.3, -0.25) is 4.79 Å². The average Bonchev–Trinajstić information content (AvgIpc) is 2.88. The van der Waals surface area contributed by atoms with Crippen LogP contribution < -0.4 is 9.62 Å². The van der Waals surface area contributed by atoms with Gasteiger partial charge in [0.1, 0.15) is 0 Å². The maximum atomic E-state index is 12.8. The minimum atomic E-state index is -3.66. The molecule has 1 N–H and O–H groups in total. The number of benzene rings is 2. The number of fused-ring (bicyclic) bond motifs is 1. The van der Waals surface area contributed by atoms with Crippen molar-refractivity contribution < 1.29 is 13.2 Å². The molecule has 0 fully saturated rings. The van der Waals surface area contributed by atoms with Crippen molar-refractivity contribution in [3.05, 3.63) is 54.1 Å². The molecule has 0 spiro atoms. The van der Waals surface area contributed by atoms with Crippen LogP contribution in [0.2, 0.25) is 0 Å². The SMILES string of the molecule is CC(=O)N1CCCSc2ccc(S(=O)(=O)NCC(C)c3ccccc3)cc21. The van der Waals surface area contributed by atoms with Crippen molar-refractivity contribution in [2.45, 2.75) is 36.0 Å². The molecule has 1 heterocycles.